The minimum Gasteiger partial charge on any atom is -0.355 e. The number of rotatable bonds is 4. The van der Waals surface area contributed by atoms with Gasteiger partial charge in [-0.3, -0.25) is 4.79 Å². The molecular weight excluding hydrogens is 419 g/mol. The Morgan fingerprint density at radius 1 is 1.03 bits per heavy atom. The maximum Gasteiger partial charge on any atom is 0.417 e. The van der Waals surface area contributed by atoms with Gasteiger partial charge in [-0.25, -0.2) is 13.4 Å². The third-order valence-electron chi connectivity index (χ3n) is 4.81. The van der Waals surface area contributed by atoms with Crippen molar-refractivity contribution in [3.63, 3.8) is 0 Å². The van der Waals surface area contributed by atoms with E-state index in [1.165, 1.54) is 6.07 Å². The number of nitrogens with zero attached hydrogens (tertiary/aromatic N) is 3. The molecule has 0 N–H and O–H groups in total. The number of amides is 1. The zero-order valence-corrected chi connectivity index (χ0v) is 17.2. The Morgan fingerprint density at radius 3 is 2.30 bits per heavy atom. The first-order valence-corrected chi connectivity index (χ1v) is 11.4. The number of hydrogen-bond acceptors (Lipinski definition) is 5. The van der Waals surface area contributed by atoms with E-state index in [1.807, 2.05) is 4.90 Å². The smallest absolute Gasteiger partial charge is 0.355 e. The van der Waals surface area contributed by atoms with Crippen LogP contribution < -0.4 is 4.90 Å². The lowest BCUT2D eigenvalue weighted by Gasteiger charge is -2.23. The number of hydrogen-bond donors (Lipinski definition) is 0. The largest absolute Gasteiger partial charge is 0.417 e. The number of carbonyl (C=O) groups is 1. The van der Waals surface area contributed by atoms with Crippen molar-refractivity contribution in [1.82, 2.24) is 9.88 Å². The second kappa shape index (κ2) is 8.63. The molecule has 1 fully saturated rings. The first kappa shape index (κ1) is 22.1. The van der Waals surface area contributed by atoms with Crippen LogP contribution in [0, 0.1) is 0 Å². The zero-order valence-electron chi connectivity index (χ0n) is 16.4. The highest BCUT2D eigenvalue weighted by molar-refractivity contribution is 7.89. The van der Waals surface area contributed by atoms with E-state index in [2.05, 4.69) is 4.98 Å². The Kier molecular flexibility index (Phi) is 6.35. The highest BCUT2D eigenvalue weighted by Gasteiger charge is 2.31. The van der Waals surface area contributed by atoms with Crippen molar-refractivity contribution in [2.45, 2.75) is 18.3 Å². The molecule has 0 radical (unpaired) electrons. The molecule has 162 valence electrons. The van der Waals surface area contributed by atoms with Crippen molar-refractivity contribution >= 4 is 21.6 Å². The molecule has 6 nitrogen and oxygen atoms in total. The van der Waals surface area contributed by atoms with E-state index in [0.29, 0.717) is 49.5 Å². The van der Waals surface area contributed by atoms with Gasteiger partial charge in [0.25, 0.3) is 5.91 Å². The lowest BCUT2D eigenvalue weighted by molar-refractivity contribution is -0.137. The number of alkyl halides is 3. The monoisotopic (exact) mass is 441 g/mol. The van der Waals surface area contributed by atoms with Crippen molar-refractivity contribution in [3.8, 4) is 0 Å². The van der Waals surface area contributed by atoms with Crippen LogP contribution in [-0.4, -0.2) is 56.6 Å². The molecule has 3 rings (SSSR count). The van der Waals surface area contributed by atoms with Crippen LogP contribution in [-0.2, 0) is 21.8 Å². The Hall–Kier alpha value is -2.62. The SMILES string of the molecule is CS(=O)(=O)Cc1ccc(C(=O)N2CCCN(c3ccc(C(F)(F)F)cn3)CC2)cc1. The van der Waals surface area contributed by atoms with Crippen molar-refractivity contribution in [3.05, 3.63) is 59.3 Å². The van der Waals surface area contributed by atoms with Crippen LogP contribution in [0.25, 0.3) is 0 Å². The van der Waals surface area contributed by atoms with Gasteiger partial charge in [0, 0.05) is 44.2 Å². The molecule has 0 saturated carbocycles. The maximum absolute atomic E-state index is 12.8. The number of benzene rings is 1. The molecule has 1 aliphatic rings. The normalized spacial score (nSPS) is 15.7. The summed E-state index contributed by atoms with van der Waals surface area (Å²) < 4.78 is 60.9. The fraction of sp³-hybridized carbons (Fsp3) is 0.400. The summed E-state index contributed by atoms with van der Waals surface area (Å²) in [6, 6.07) is 8.84. The number of halogens is 3. The second-order valence-electron chi connectivity index (χ2n) is 7.30. The number of pyridine rings is 1. The minimum absolute atomic E-state index is 0.0831. The predicted octanol–water partition coefficient (Wildman–Crippen LogP) is 3.00. The summed E-state index contributed by atoms with van der Waals surface area (Å²) in [5.41, 5.74) is 0.287. The van der Waals surface area contributed by atoms with Crippen molar-refractivity contribution in [1.29, 1.82) is 0 Å². The Balaban J connectivity index is 1.64. The van der Waals surface area contributed by atoms with Crippen LogP contribution in [0.15, 0.2) is 42.6 Å². The lowest BCUT2D eigenvalue weighted by atomic mass is 10.1. The third-order valence-corrected chi connectivity index (χ3v) is 5.67. The first-order valence-electron chi connectivity index (χ1n) is 9.37. The van der Waals surface area contributed by atoms with Crippen molar-refractivity contribution < 1.29 is 26.4 Å². The van der Waals surface area contributed by atoms with E-state index in [9.17, 15) is 26.4 Å². The lowest BCUT2D eigenvalue weighted by Crippen LogP contribution is -2.35. The molecule has 1 amide bonds. The summed E-state index contributed by atoms with van der Waals surface area (Å²) in [6.45, 7) is 1.96. The van der Waals surface area contributed by atoms with E-state index in [1.54, 1.807) is 29.2 Å². The molecule has 0 bridgehead atoms. The molecule has 2 heterocycles. The molecule has 30 heavy (non-hydrogen) atoms. The molecule has 0 aliphatic carbocycles. The van der Waals surface area contributed by atoms with Crippen LogP contribution in [0.2, 0.25) is 0 Å². The van der Waals surface area contributed by atoms with Gasteiger partial charge < -0.3 is 9.80 Å². The quantitative estimate of drug-likeness (QED) is 0.730. The summed E-state index contributed by atoms with van der Waals surface area (Å²) in [6.07, 6.45) is -1.80. The number of sulfone groups is 1. The molecule has 1 saturated heterocycles. The molecule has 1 aliphatic heterocycles. The number of carbonyl (C=O) groups excluding carboxylic acids is 1. The summed E-state index contributed by atoms with van der Waals surface area (Å²) >= 11 is 0. The van der Waals surface area contributed by atoms with Crippen LogP contribution >= 0.6 is 0 Å². The fourth-order valence-corrected chi connectivity index (χ4v) is 4.12. The van der Waals surface area contributed by atoms with Gasteiger partial charge in [-0.1, -0.05) is 12.1 Å². The van der Waals surface area contributed by atoms with Gasteiger partial charge in [0.15, 0.2) is 9.84 Å². The molecule has 0 atom stereocenters. The Labute approximate surface area is 173 Å². The highest BCUT2D eigenvalue weighted by atomic mass is 32.2. The molecular formula is C20H22F3N3O3S. The average Bonchev–Trinajstić information content (AvgIpc) is 2.92. The Morgan fingerprint density at radius 2 is 1.73 bits per heavy atom. The van der Waals surface area contributed by atoms with Gasteiger partial charge in [-0.05, 0) is 36.2 Å². The highest BCUT2D eigenvalue weighted by Crippen LogP contribution is 2.29. The van der Waals surface area contributed by atoms with E-state index in [-0.39, 0.29) is 11.7 Å². The molecule has 2 aromatic rings. The fourth-order valence-electron chi connectivity index (χ4n) is 3.32. The van der Waals surface area contributed by atoms with E-state index < -0.39 is 21.6 Å². The average molecular weight is 441 g/mol. The van der Waals surface area contributed by atoms with E-state index in [0.717, 1.165) is 18.5 Å². The number of aromatic nitrogens is 1. The van der Waals surface area contributed by atoms with Crippen LogP contribution in [0.4, 0.5) is 19.0 Å². The predicted molar refractivity (Wildman–Crippen MR) is 107 cm³/mol. The summed E-state index contributed by atoms with van der Waals surface area (Å²) in [7, 11) is -3.15. The molecule has 1 aromatic carbocycles. The van der Waals surface area contributed by atoms with E-state index >= 15 is 0 Å². The molecule has 10 heteroatoms. The Bertz CT molecular complexity index is 991. The molecule has 1 aromatic heterocycles. The van der Waals surface area contributed by atoms with Gasteiger partial charge in [0.1, 0.15) is 5.82 Å². The van der Waals surface area contributed by atoms with Gasteiger partial charge in [0.05, 0.1) is 11.3 Å². The van der Waals surface area contributed by atoms with Crippen LogP contribution in [0.3, 0.4) is 0 Å². The second-order valence-corrected chi connectivity index (χ2v) is 9.44. The van der Waals surface area contributed by atoms with Crippen molar-refractivity contribution in [2.75, 3.05) is 37.3 Å². The van der Waals surface area contributed by atoms with Gasteiger partial charge in [0.2, 0.25) is 0 Å². The standard InChI is InChI=1S/C20H22F3N3O3S/c1-30(28,29)14-15-3-5-16(6-4-15)19(27)26-10-2-9-25(11-12-26)18-8-7-17(13-24-18)20(21,22)23/h3-8,13H,2,9-12,14H2,1H3. The van der Waals surface area contributed by atoms with Gasteiger partial charge in [-0.2, -0.15) is 13.2 Å². The van der Waals surface area contributed by atoms with E-state index in [4.69, 9.17) is 0 Å². The molecule has 0 spiro atoms. The van der Waals surface area contributed by atoms with Gasteiger partial charge in [-0.15, -0.1) is 0 Å². The maximum atomic E-state index is 12.8. The topological polar surface area (TPSA) is 70.6 Å². The summed E-state index contributed by atoms with van der Waals surface area (Å²) in [4.78, 5) is 20.3. The molecule has 0 unspecified atom stereocenters. The van der Waals surface area contributed by atoms with Crippen molar-refractivity contribution in [2.24, 2.45) is 0 Å². The number of anilines is 1. The third kappa shape index (κ3) is 5.71. The summed E-state index contributed by atoms with van der Waals surface area (Å²) in [5, 5.41) is 0. The van der Waals surface area contributed by atoms with Crippen LogP contribution in [0.1, 0.15) is 27.9 Å². The summed E-state index contributed by atoms with van der Waals surface area (Å²) in [5.74, 6) is 0.200. The zero-order chi connectivity index (χ0) is 21.9. The first-order chi connectivity index (χ1) is 14.0. The van der Waals surface area contributed by atoms with Gasteiger partial charge >= 0.3 is 6.18 Å². The van der Waals surface area contributed by atoms with Crippen LogP contribution in [0.5, 0.6) is 0 Å². The minimum atomic E-state index is -4.43.